The molecule has 0 saturated carbocycles. The standard InChI is InChI=1S/C16H14N2O2/c1-10-5-3-4-6-12(10)15-13-8-7-11(16(19)20)9-14(13)18(2)17-15/h3-9H,1-2H3,(H,19,20). The first-order valence-corrected chi connectivity index (χ1v) is 6.34. The van der Waals surface area contributed by atoms with Crippen LogP contribution in [0.25, 0.3) is 22.2 Å². The molecule has 0 aliphatic rings. The Morgan fingerprint density at radius 3 is 2.65 bits per heavy atom. The lowest BCUT2D eigenvalue weighted by Crippen LogP contribution is -1.96. The first kappa shape index (κ1) is 12.4. The number of fused-ring (bicyclic) bond motifs is 1. The fourth-order valence-corrected chi connectivity index (χ4v) is 2.43. The van der Waals surface area contributed by atoms with E-state index < -0.39 is 5.97 Å². The highest BCUT2D eigenvalue weighted by Gasteiger charge is 2.14. The monoisotopic (exact) mass is 266 g/mol. The topological polar surface area (TPSA) is 55.1 Å². The van der Waals surface area contributed by atoms with Crippen molar-refractivity contribution in [3.8, 4) is 11.3 Å². The van der Waals surface area contributed by atoms with Gasteiger partial charge < -0.3 is 5.11 Å². The summed E-state index contributed by atoms with van der Waals surface area (Å²) in [6.07, 6.45) is 0. The largest absolute Gasteiger partial charge is 0.478 e. The van der Waals surface area contributed by atoms with Crippen molar-refractivity contribution < 1.29 is 9.90 Å². The molecule has 4 nitrogen and oxygen atoms in total. The van der Waals surface area contributed by atoms with Crippen molar-refractivity contribution in [1.82, 2.24) is 9.78 Å². The molecule has 1 heterocycles. The number of aromatic carboxylic acids is 1. The maximum absolute atomic E-state index is 11.1. The average Bonchev–Trinajstić information content (AvgIpc) is 2.76. The second-order valence-electron chi connectivity index (χ2n) is 4.82. The van der Waals surface area contributed by atoms with Gasteiger partial charge in [-0.3, -0.25) is 4.68 Å². The van der Waals surface area contributed by atoms with Crippen LogP contribution in [0.15, 0.2) is 42.5 Å². The van der Waals surface area contributed by atoms with Gasteiger partial charge in [0.15, 0.2) is 0 Å². The van der Waals surface area contributed by atoms with E-state index in [9.17, 15) is 4.79 Å². The van der Waals surface area contributed by atoms with Crippen LogP contribution in [0, 0.1) is 6.92 Å². The summed E-state index contributed by atoms with van der Waals surface area (Å²) in [6.45, 7) is 2.04. The molecule has 2 aromatic carbocycles. The minimum atomic E-state index is -0.925. The third-order valence-corrected chi connectivity index (χ3v) is 3.50. The first-order chi connectivity index (χ1) is 9.58. The molecule has 0 radical (unpaired) electrons. The summed E-state index contributed by atoms with van der Waals surface area (Å²) in [6, 6.07) is 13.2. The average molecular weight is 266 g/mol. The molecule has 1 aromatic heterocycles. The lowest BCUT2D eigenvalue weighted by Gasteiger charge is -2.02. The van der Waals surface area contributed by atoms with Gasteiger partial charge in [0.1, 0.15) is 5.69 Å². The third-order valence-electron chi connectivity index (χ3n) is 3.50. The molecule has 1 N–H and O–H groups in total. The van der Waals surface area contributed by atoms with Crippen LogP contribution in [0.3, 0.4) is 0 Å². The number of carbonyl (C=O) groups is 1. The van der Waals surface area contributed by atoms with Gasteiger partial charge in [0.05, 0.1) is 11.1 Å². The fraction of sp³-hybridized carbons (Fsp3) is 0.125. The van der Waals surface area contributed by atoms with Gasteiger partial charge in [0.2, 0.25) is 0 Å². The van der Waals surface area contributed by atoms with Gasteiger partial charge in [-0.15, -0.1) is 0 Å². The van der Waals surface area contributed by atoms with Crippen LogP contribution in [-0.2, 0) is 7.05 Å². The van der Waals surface area contributed by atoms with Gasteiger partial charge in [-0.1, -0.05) is 24.3 Å². The van der Waals surface area contributed by atoms with Crippen LogP contribution in [0.4, 0.5) is 0 Å². The molecule has 0 bridgehead atoms. The van der Waals surface area contributed by atoms with Gasteiger partial charge in [0, 0.05) is 18.0 Å². The van der Waals surface area contributed by atoms with Crippen molar-refractivity contribution in [2.75, 3.05) is 0 Å². The van der Waals surface area contributed by atoms with Crippen molar-refractivity contribution in [1.29, 1.82) is 0 Å². The number of aromatic nitrogens is 2. The summed E-state index contributed by atoms with van der Waals surface area (Å²) in [5, 5.41) is 14.6. The molecule has 0 aliphatic carbocycles. The van der Waals surface area contributed by atoms with Gasteiger partial charge in [-0.2, -0.15) is 5.10 Å². The number of nitrogens with zero attached hydrogens (tertiary/aromatic N) is 2. The van der Waals surface area contributed by atoms with E-state index in [0.29, 0.717) is 0 Å². The number of benzene rings is 2. The Morgan fingerprint density at radius 1 is 1.20 bits per heavy atom. The van der Waals surface area contributed by atoms with Gasteiger partial charge in [-0.25, -0.2) is 4.79 Å². The third kappa shape index (κ3) is 1.86. The zero-order valence-electron chi connectivity index (χ0n) is 11.3. The Kier molecular flexibility index (Phi) is 2.79. The lowest BCUT2D eigenvalue weighted by molar-refractivity contribution is 0.0697. The van der Waals surface area contributed by atoms with Crippen LogP contribution < -0.4 is 0 Å². The van der Waals surface area contributed by atoms with E-state index >= 15 is 0 Å². The molecule has 0 atom stereocenters. The Bertz CT molecular complexity index is 818. The van der Waals surface area contributed by atoms with Crippen molar-refractivity contribution in [2.45, 2.75) is 6.92 Å². The number of carboxylic acids is 1. The molecule has 0 fully saturated rings. The number of aryl methyl sites for hydroxylation is 2. The molecule has 0 spiro atoms. The van der Waals surface area contributed by atoms with Crippen LogP contribution in [0.2, 0.25) is 0 Å². The Balaban J connectivity index is 2.29. The van der Waals surface area contributed by atoms with E-state index in [0.717, 1.165) is 27.7 Å². The molecule has 0 amide bonds. The highest BCUT2D eigenvalue weighted by atomic mass is 16.4. The predicted octanol–water partition coefficient (Wildman–Crippen LogP) is 3.25. The minimum Gasteiger partial charge on any atom is -0.478 e. The molecular weight excluding hydrogens is 252 g/mol. The smallest absolute Gasteiger partial charge is 0.335 e. The summed E-state index contributed by atoms with van der Waals surface area (Å²) >= 11 is 0. The highest BCUT2D eigenvalue weighted by Crippen LogP contribution is 2.30. The van der Waals surface area contributed by atoms with E-state index in [1.807, 2.05) is 44.3 Å². The molecule has 0 saturated heterocycles. The molecule has 4 heteroatoms. The van der Waals surface area contributed by atoms with E-state index in [1.165, 1.54) is 0 Å². The second kappa shape index (κ2) is 4.49. The number of hydrogen-bond donors (Lipinski definition) is 1. The SMILES string of the molecule is Cc1ccccc1-c1nn(C)c2cc(C(=O)O)ccc12. The number of carboxylic acid groups (broad SMARTS) is 1. The molecule has 3 rings (SSSR count). The predicted molar refractivity (Wildman–Crippen MR) is 77.8 cm³/mol. The maximum Gasteiger partial charge on any atom is 0.335 e. The van der Waals surface area contributed by atoms with Gasteiger partial charge in [0.25, 0.3) is 0 Å². The van der Waals surface area contributed by atoms with Gasteiger partial charge in [-0.05, 0) is 30.7 Å². The number of rotatable bonds is 2. The molecule has 20 heavy (non-hydrogen) atoms. The minimum absolute atomic E-state index is 0.275. The van der Waals surface area contributed by atoms with Crippen LogP contribution in [0.1, 0.15) is 15.9 Å². The Labute approximate surface area is 116 Å². The molecule has 100 valence electrons. The summed E-state index contributed by atoms with van der Waals surface area (Å²) in [5.41, 5.74) is 4.20. The molecule has 0 unspecified atom stereocenters. The van der Waals surface area contributed by atoms with E-state index in [4.69, 9.17) is 5.11 Å². The van der Waals surface area contributed by atoms with Crippen LogP contribution in [-0.4, -0.2) is 20.9 Å². The van der Waals surface area contributed by atoms with E-state index in [2.05, 4.69) is 5.10 Å². The molecule has 3 aromatic rings. The Hall–Kier alpha value is -2.62. The summed E-state index contributed by atoms with van der Waals surface area (Å²) < 4.78 is 1.73. The quantitative estimate of drug-likeness (QED) is 0.774. The molecule has 0 aliphatic heterocycles. The van der Waals surface area contributed by atoms with Crippen molar-refractivity contribution >= 4 is 16.9 Å². The van der Waals surface area contributed by atoms with Crippen molar-refractivity contribution in [3.05, 3.63) is 53.6 Å². The molecular formula is C16H14N2O2. The summed E-state index contributed by atoms with van der Waals surface area (Å²) in [4.78, 5) is 11.1. The Morgan fingerprint density at radius 2 is 1.95 bits per heavy atom. The van der Waals surface area contributed by atoms with E-state index in [1.54, 1.807) is 16.8 Å². The maximum atomic E-state index is 11.1. The summed E-state index contributed by atoms with van der Waals surface area (Å²) in [5.74, 6) is -0.925. The number of hydrogen-bond acceptors (Lipinski definition) is 2. The van der Waals surface area contributed by atoms with E-state index in [-0.39, 0.29) is 5.56 Å². The summed E-state index contributed by atoms with van der Waals surface area (Å²) in [7, 11) is 1.83. The lowest BCUT2D eigenvalue weighted by atomic mass is 10.0. The zero-order chi connectivity index (χ0) is 14.3. The van der Waals surface area contributed by atoms with Gasteiger partial charge >= 0.3 is 5.97 Å². The van der Waals surface area contributed by atoms with Crippen LogP contribution >= 0.6 is 0 Å². The zero-order valence-corrected chi connectivity index (χ0v) is 11.3. The second-order valence-corrected chi connectivity index (χ2v) is 4.82. The van der Waals surface area contributed by atoms with Crippen molar-refractivity contribution in [3.63, 3.8) is 0 Å². The highest BCUT2D eigenvalue weighted by molar-refractivity contribution is 5.98. The van der Waals surface area contributed by atoms with Crippen molar-refractivity contribution in [2.24, 2.45) is 7.05 Å². The van der Waals surface area contributed by atoms with Crippen LogP contribution in [0.5, 0.6) is 0 Å². The first-order valence-electron chi connectivity index (χ1n) is 6.34. The fourth-order valence-electron chi connectivity index (χ4n) is 2.43. The normalized spacial score (nSPS) is 10.9.